The molecular formula is C16H16ClN3O4S. The van der Waals surface area contributed by atoms with Gasteiger partial charge in [0.15, 0.2) is 0 Å². The quantitative estimate of drug-likeness (QED) is 0.739. The first-order valence-corrected chi connectivity index (χ1v) is 9.01. The molecule has 7 nitrogen and oxygen atoms in total. The molecule has 0 fully saturated rings. The number of benzene rings is 2. The molecule has 2 amide bonds. The van der Waals surface area contributed by atoms with Crippen LogP contribution >= 0.6 is 11.6 Å². The Morgan fingerprint density at radius 1 is 0.960 bits per heavy atom. The summed E-state index contributed by atoms with van der Waals surface area (Å²) in [6.07, 6.45) is 0. The SMILES string of the molecule is CNS(=O)(=O)c1cc(C(=O)Nc2ccc(NC(C)=O)cc2)ccc1Cl. The van der Waals surface area contributed by atoms with Crippen LogP contribution in [0.5, 0.6) is 0 Å². The lowest BCUT2D eigenvalue weighted by atomic mass is 10.2. The summed E-state index contributed by atoms with van der Waals surface area (Å²) in [5.74, 6) is -0.687. The summed E-state index contributed by atoms with van der Waals surface area (Å²) in [6, 6.07) is 10.5. The van der Waals surface area contributed by atoms with E-state index in [4.69, 9.17) is 11.6 Å². The highest BCUT2D eigenvalue weighted by molar-refractivity contribution is 7.89. The number of sulfonamides is 1. The summed E-state index contributed by atoms with van der Waals surface area (Å²) in [4.78, 5) is 23.1. The maximum absolute atomic E-state index is 12.3. The topological polar surface area (TPSA) is 104 Å². The van der Waals surface area contributed by atoms with Crippen molar-refractivity contribution in [2.45, 2.75) is 11.8 Å². The number of carbonyl (C=O) groups excluding carboxylic acids is 2. The fraction of sp³-hybridized carbons (Fsp3) is 0.125. The first kappa shape index (κ1) is 18.9. The lowest BCUT2D eigenvalue weighted by Crippen LogP contribution is -2.20. The van der Waals surface area contributed by atoms with Crippen molar-refractivity contribution in [3.63, 3.8) is 0 Å². The average molecular weight is 382 g/mol. The van der Waals surface area contributed by atoms with Crippen LogP contribution in [0.15, 0.2) is 47.4 Å². The number of nitrogens with one attached hydrogen (secondary N) is 3. The Kier molecular flexibility index (Phi) is 5.78. The van der Waals surface area contributed by atoms with E-state index in [-0.39, 0.29) is 21.4 Å². The number of amides is 2. The van der Waals surface area contributed by atoms with Gasteiger partial charge in [-0.2, -0.15) is 0 Å². The highest BCUT2D eigenvalue weighted by atomic mass is 35.5. The van der Waals surface area contributed by atoms with E-state index in [1.54, 1.807) is 24.3 Å². The molecule has 0 aromatic heterocycles. The van der Waals surface area contributed by atoms with Gasteiger partial charge in [0.1, 0.15) is 4.90 Å². The molecule has 3 N–H and O–H groups in total. The van der Waals surface area contributed by atoms with Gasteiger partial charge in [-0.15, -0.1) is 0 Å². The van der Waals surface area contributed by atoms with E-state index in [0.717, 1.165) is 0 Å². The third-order valence-corrected chi connectivity index (χ3v) is 5.11. The predicted molar refractivity (Wildman–Crippen MR) is 96.4 cm³/mol. The van der Waals surface area contributed by atoms with Crippen molar-refractivity contribution >= 4 is 44.8 Å². The second-order valence-corrected chi connectivity index (χ2v) is 7.33. The molecule has 0 aliphatic carbocycles. The largest absolute Gasteiger partial charge is 0.326 e. The van der Waals surface area contributed by atoms with E-state index < -0.39 is 15.9 Å². The number of halogens is 1. The minimum atomic E-state index is -3.78. The molecule has 0 radical (unpaired) electrons. The first-order chi connectivity index (χ1) is 11.7. The Balaban J connectivity index is 2.21. The summed E-state index contributed by atoms with van der Waals surface area (Å²) in [7, 11) is -2.52. The number of carbonyl (C=O) groups is 2. The van der Waals surface area contributed by atoms with E-state index in [9.17, 15) is 18.0 Å². The van der Waals surface area contributed by atoms with Crippen LogP contribution < -0.4 is 15.4 Å². The smallest absolute Gasteiger partial charge is 0.255 e. The minimum Gasteiger partial charge on any atom is -0.326 e. The zero-order valence-electron chi connectivity index (χ0n) is 13.5. The van der Waals surface area contributed by atoms with Crippen LogP contribution in [0.4, 0.5) is 11.4 Å². The Hall–Kier alpha value is -2.42. The predicted octanol–water partition coefficient (Wildman–Crippen LogP) is 2.46. The van der Waals surface area contributed by atoms with Crippen LogP contribution in [-0.2, 0) is 14.8 Å². The Morgan fingerprint density at radius 2 is 1.52 bits per heavy atom. The summed E-state index contributed by atoms with van der Waals surface area (Å²) in [5.41, 5.74) is 1.23. The molecule has 0 saturated carbocycles. The van der Waals surface area contributed by atoms with Crippen molar-refractivity contribution in [2.75, 3.05) is 17.7 Å². The van der Waals surface area contributed by atoms with Gasteiger partial charge in [0.2, 0.25) is 15.9 Å². The Labute approximate surface area is 150 Å². The lowest BCUT2D eigenvalue weighted by Gasteiger charge is -2.09. The molecule has 0 heterocycles. The van der Waals surface area contributed by atoms with Gasteiger partial charge in [0.25, 0.3) is 5.91 Å². The summed E-state index contributed by atoms with van der Waals surface area (Å²) in [6.45, 7) is 1.40. The van der Waals surface area contributed by atoms with Crippen LogP contribution in [-0.4, -0.2) is 27.3 Å². The molecule has 9 heteroatoms. The number of anilines is 2. The lowest BCUT2D eigenvalue weighted by molar-refractivity contribution is -0.114. The summed E-state index contributed by atoms with van der Waals surface area (Å²) >= 11 is 5.90. The number of hydrogen-bond donors (Lipinski definition) is 3. The zero-order chi connectivity index (χ0) is 18.6. The monoisotopic (exact) mass is 381 g/mol. The van der Waals surface area contributed by atoms with Gasteiger partial charge in [0.05, 0.1) is 5.02 Å². The molecular weight excluding hydrogens is 366 g/mol. The van der Waals surface area contributed by atoms with Crippen molar-refractivity contribution in [1.82, 2.24) is 4.72 Å². The third kappa shape index (κ3) is 4.79. The van der Waals surface area contributed by atoms with Crippen LogP contribution in [0.25, 0.3) is 0 Å². The van der Waals surface area contributed by atoms with Crippen molar-refractivity contribution in [3.05, 3.63) is 53.1 Å². The van der Waals surface area contributed by atoms with Crippen molar-refractivity contribution < 1.29 is 18.0 Å². The second kappa shape index (κ2) is 7.64. The number of rotatable bonds is 5. The van der Waals surface area contributed by atoms with Gasteiger partial charge in [-0.1, -0.05) is 11.6 Å². The second-order valence-electron chi connectivity index (χ2n) is 5.07. The normalized spacial score (nSPS) is 11.0. The van der Waals surface area contributed by atoms with E-state index in [0.29, 0.717) is 11.4 Å². The van der Waals surface area contributed by atoms with Gasteiger partial charge in [-0.05, 0) is 49.5 Å². The molecule has 0 unspecified atom stereocenters. The van der Waals surface area contributed by atoms with E-state index in [2.05, 4.69) is 15.4 Å². The van der Waals surface area contributed by atoms with E-state index in [1.807, 2.05) is 0 Å². The third-order valence-electron chi connectivity index (χ3n) is 3.21. The molecule has 2 aromatic rings. The van der Waals surface area contributed by atoms with Gasteiger partial charge >= 0.3 is 0 Å². The maximum Gasteiger partial charge on any atom is 0.255 e. The van der Waals surface area contributed by atoms with Crippen LogP contribution in [0.1, 0.15) is 17.3 Å². The molecule has 0 spiro atoms. The van der Waals surface area contributed by atoms with Crippen LogP contribution in [0.2, 0.25) is 5.02 Å². The molecule has 0 atom stereocenters. The summed E-state index contributed by atoms with van der Waals surface area (Å²) < 4.78 is 26.0. The Morgan fingerprint density at radius 3 is 2.04 bits per heavy atom. The maximum atomic E-state index is 12.3. The minimum absolute atomic E-state index is 0.0190. The highest BCUT2D eigenvalue weighted by Gasteiger charge is 2.18. The van der Waals surface area contributed by atoms with Crippen molar-refractivity contribution in [2.24, 2.45) is 0 Å². The Bertz CT molecular complexity index is 911. The fourth-order valence-electron chi connectivity index (χ4n) is 2.00. The molecule has 132 valence electrons. The van der Waals surface area contributed by atoms with Crippen LogP contribution in [0, 0.1) is 0 Å². The van der Waals surface area contributed by atoms with Crippen LogP contribution in [0.3, 0.4) is 0 Å². The molecule has 0 aliphatic heterocycles. The van der Waals surface area contributed by atoms with Gasteiger partial charge in [-0.25, -0.2) is 13.1 Å². The van der Waals surface area contributed by atoms with E-state index >= 15 is 0 Å². The standard InChI is InChI=1S/C16H16ClN3O4S/c1-10(21)19-12-4-6-13(7-5-12)20-16(22)11-3-8-14(17)15(9-11)25(23,24)18-2/h3-9,18H,1-2H3,(H,19,21)(H,20,22). The van der Waals surface area contributed by atoms with Gasteiger partial charge < -0.3 is 10.6 Å². The van der Waals surface area contributed by atoms with E-state index in [1.165, 1.54) is 32.2 Å². The molecule has 0 bridgehead atoms. The average Bonchev–Trinajstić information content (AvgIpc) is 2.56. The molecule has 0 aliphatic rings. The van der Waals surface area contributed by atoms with Gasteiger partial charge in [-0.3, -0.25) is 9.59 Å². The molecule has 25 heavy (non-hydrogen) atoms. The van der Waals surface area contributed by atoms with Crippen molar-refractivity contribution in [1.29, 1.82) is 0 Å². The molecule has 2 rings (SSSR count). The first-order valence-electron chi connectivity index (χ1n) is 7.15. The highest BCUT2D eigenvalue weighted by Crippen LogP contribution is 2.23. The van der Waals surface area contributed by atoms with Gasteiger partial charge in [0, 0.05) is 23.9 Å². The molecule has 0 saturated heterocycles. The molecule has 2 aromatic carbocycles. The van der Waals surface area contributed by atoms with Crippen molar-refractivity contribution in [3.8, 4) is 0 Å². The fourth-order valence-corrected chi connectivity index (χ4v) is 3.25. The zero-order valence-corrected chi connectivity index (χ0v) is 15.0. The summed E-state index contributed by atoms with van der Waals surface area (Å²) in [5, 5.41) is 5.28. The number of hydrogen-bond acceptors (Lipinski definition) is 4.